The molecule has 1 heterocycles. The molecule has 0 saturated carbocycles. The quantitative estimate of drug-likeness (QED) is 0.880. The molecule has 116 valence electrons. The molecule has 0 bridgehead atoms. The molecule has 1 aromatic rings. The van der Waals surface area contributed by atoms with Gasteiger partial charge in [0.05, 0.1) is 17.2 Å². The van der Waals surface area contributed by atoms with Crippen LogP contribution in [-0.2, 0) is 0 Å². The number of aliphatic hydroxyl groups is 1. The van der Waals surface area contributed by atoms with E-state index in [9.17, 15) is 9.90 Å². The van der Waals surface area contributed by atoms with Crippen molar-refractivity contribution in [3.8, 4) is 0 Å². The van der Waals surface area contributed by atoms with Crippen molar-refractivity contribution in [2.24, 2.45) is 0 Å². The summed E-state index contributed by atoms with van der Waals surface area (Å²) in [5.41, 5.74) is 0.485. The summed E-state index contributed by atoms with van der Waals surface area (Å²) in [6.45, 7) is 2.23. The van der Waals surface area contributed by atoms with E-state index in [-0.39, 0.29) is 18.6 Å². The zero-order chi connectivity index (χ0) is 15.4. The monoisotopic (exact) mass is 374 g/mol. The normalized spacial score (nSPS) is 17.0. The molecule has 4 nitrogen and oxygen atoms in total. The lowest BCUT2D eigenvalue weighted by atomic mass is 10.0. The number of halogens is 2. The van der Waals surface area contributed by atoms with Crippen LogP contribution in [0.5, 0.6) is 0 Å². The fourth-order valence-corrected chi connectivity index (χ4v) is 3.24. The lowest BCUT2D eigenvalue weighted by Gasteiger charge is -2.37. The van der Waals surface area contributed by atoms with Gasteiger partial charge in [-0.15, -0.1) is 0 Å². The topological polar surface area (TPSA) is 43.8 Å². The number of rotatable bonds is 4. The lowest BCUT2D eigenvalue weighted by Crippen LogP contribution is -2.47. The third kappa shape index (κ3) is 4.19. The number of piperidine rings is 1. The minimum absolute atomic E-state index is 0.0380. The molecule has 1 N–H and O–H groups in total. The number of likely N-dealkylation sites (tertiary alicyclic amines) is 1. The summed E-state index contributed by atoms with van der Waals surface area (Å²) in [6.07, 6.45) is 1.85. The van der Waals surface area contributed by atoms with Crippen LogP contribution in [0.3, 0.4) is 0 Å². The number of hydrogen-bond donors (Lipinski definition) is 1. The minimum Gasteiger partial charge on any atom is -0.395 e. The highest BCUT2D eigenvalue weighted by Gasteiger charge is 2.28. The Balaban J connectivity index is 2.20. The molecule has 1 aromatic carbocycles. The maximum Gasteiger partial charge on any atom is 0.255 e. The van der Waals surface area contributed by atoms with E-state index >= 15 is 0 Å². The Morgan fingerprint density at radius 3 is 2.76 bits per heavy atom. The number of nitrogens with zero attached hydrogens (tertiary/aromatic N) is 2. The van der Waals surface area contributed by atoms with E-state index in [0.29, 0.717) is 17.1 Å². The van der Waals surface area contributed by atoms with E-state index in [1.165, 1.54) is 0 Å². The Hall–Kier alpha value is -0.620. The Labute approximate surface area is 138 Å². The number of carbonyl (C=O) groups is 1. The third-order valence-corrected chi connectivity index (χ3v) is 4.71. The van der Waals surface area contributed by atoms with Crippen LogP contribution in [0.25, 0.3) is 0 Å². The van der Waals surface area contributed by atoms with E-state index in [1.807, 2.05) is 6.07 Å². The SMILES string of the molecule is CN1CCC(N(CCO)C(=O)c2cc(Br)ccc2Cl)CC1. The molecule has 1 fully saturated rings. The first kappa shape index (κ1) is 16.7. The number of aliphatic hydroxyl groups excluding tert-OH is 1. The number of carbonyl (C=O) groups excluding carboxylic acids is 1. The minimum atomic E-state index is -0.107. The molecule has 0 radical (unpaired) electrons. The second-order valence-corrected chi connectivity index (χ2v) is 6.70. The summed E-state index contributed by atoms with van der Waals surface area (Å²) >= 11 is 9.53. The van der Waals surface area contributed by atoms with Gasteiger partial charge in [0.25, 0.3) is 5.91 Å². The number of amides is 1. The lowest BCUT2D eigenvalue weighted by molar-refractivity contribution is 0.0540. The van der Waals surface area contributed by atoms with Crippen LogP contribution in [0.2, 0.25) is 5.02 Å². The Bertz CT molecular complexity index is 504. The van der Waals surface area contributed by atoms with Crippen LogP contribution < -0.4 is 0 Å². The van der Waals surface area contributed by atoms with Crippen LogP contribution in [0.4, 0.5) is 0 Å². The maximum atomic E-state index is 12.8. The average Bonchev–Trinajstić information content (AvgIpc) is 2.48. The van der Waals surface area contributed by atoms with Crippen molar-refractivity contribution < 1.29 is 9.90 Å². The average molecular weight is 376 g/mol. The summed E-state index contributed by atoms with van der Waals surface area (Å²) < 4.78 is 0.822. The first-order valence-corrected chi connectivity index (χ1v) is 8.25. The molecule has 2 rings (SSSR count). The van der Waals surface area contributed by atoms with Crippen LogP contribution >= 0.6 is 27.5 Å². The predicted molar refractivity (Wildman–Crippen MR) is 87.8 cm³/mol. The molecule has 21 heavy (non-hydrogen) atoms. The largest absolute Gasteiger partial charge is 0.395 e. The van der Waals surface area contributed by atoms with Crippen LogP contribution in [0.15, 0.2) is 22.7 Å². The van der Waals surface area contributed by atoms with Crippen molar-refractivity contribution in [3.05, 3.63) is 33.3 Å². The van der Waals surface area contributed by atoms with Crippen LogP contribution in [0.1, 0.15) is 23.2 Å². The third-order valence-electron chi connectivity index (χ3n) is 3.89. The molecule has 0 aliphatic carbocycles. The van der Waals surface area contributed by atoms with Crippen molar-refractivity contribution in [1.29, 1.82) is 0 Å². The molecular weight excluding hydrogens is 356 g/mol. The molecular formula is C15H20BrClN2O2. The van der Waals surface area contributed by atoms with E-state index in [2.05, 4.69) is 27.9 Å². The Morgan fingerprint density at radius 2 is 2.14 bits per heavy atom. The molecule has 0 atom stereocenters. The molecule has 1 aliphatic heterocycles. The highest BCUT2D eigenvalue weighted by atomic mass is 79.9. The maximum absolute atomic E-state index is 12.8. The van der Waals surface area contributed by atoms with Gasteiger partial charge in [-0.3, -0.25) is 4.79 Å². The highest BCUT2D eigenvalue weighted by Crippen LogP contribution is 2.25. The molecule has 1 aliphatic rings. The predicted octanol–water partition coefficient (Wildman–Crippen LogP) is 2.63. The Kier molecular flexibility index (Phi) is 6.05. The van der Waals surface area contributed by atoms with E-state index < -0.39 is 0 Å². The second kappa shape index (κ2) is 7.58. The molecule has 0 unspecified atom stereocenters. The van der Waals surface area contributed by atoms with Gasteiger partial charge in [-0.05, 0) is 51.2 Å². The molecule has 1 amide bonds. The summed E-state index contributed by atoms with van der Waals surface area (Å²) in [5.74, 6) is -0.107. The first-order chi connectivity index (χ1) is 10.0. The van der Waals surface area contributed by atoms with Crippen molar-refractivity contribution in [2.75, 3.05) is 33.3 Å². The van der Waals surface area contributed by atoms with Crippen LogP contribution in [0, 0.1) is 0 Å². The van der Waals surface area contributed by atoms with Gasteiger partial charge in [-0.2, -0.15) is 0 Å². The van der Waals surface area contributed by atoms with E-state index in [1.54, 1.807) is 17.0 Å². The zero-order valence-electron chi connectivity index (χ0n) is 12.1. The van der Waals surface area contributed by atoms with Crippen molar-refractivity contribution in [2.45, 2.75) is 18.9 Å². The van der Waals surface area contributed by atoms with Gasteiger partial charge in [-0.1, -0.05) is 27.5 Å². The summed E-state index contributed by atoms with van der Waals surface area (Å²) in [5, 5.41) is 9.74. The molecule has 6 heteroatoms. The smallest absolute Gasteiger partial charge is 0.255 e. The fourth-order valence-electron chi connectivity index (χ4n) is 2.68. The summed E-state index contributed by atoms with van der Waals surface area (Å²) in [6, 6.07) is 5.43. The van der Waals surface area contributed by atoms with Crippen molar-refractivity contribution in [1.82, 2.24) is 9.80 Å². The van der Waals surface area contributed by atoms with Gasteiger partial charge in [-0.25, -0.2) is 0 Å². The summed E-state index contributed by atoms with van der Waals surface area (Å²) in [4.78, 5) is 16.8. The van der Waals surface area contributed by atoms with Crippen molar-refractivity contribution >= 4 is 33.4 Å². The van der Waals surface area contributed by atoms with Gasteiger partial charge in [0, 0.05) is 17.1 Å². The van der Waals surface area contributed by atoms with Gasteiger partial charge >= 0.3 is 0 Å². The molecule has 1 saturated heterocycles. The van der Waals surface area contributed by atoms with Gasteiger partial charge < -0.3 is 14.9 Å². The van der Waals surface area contributed by atoms with E-state index in [4.69, 9.17) is 11.6 Å². The summed E-state index contributed by atoms with van der Waals surface area (Å²) in [7, 11) is 2.08. The Morgan fingerprint density at radius 1 is 1.48 bits per heavy atom. The van der Waals surface area contributed by atoms with E-state index in [0.717, 1.165) is 30.4 Å². The fraction of sp³-hybridized carbons (Fsp3) is 0.533. The van der Waals surface area contributed by atoms with Gasteiger partial charge in [0.15, 0.2) is 0 Å². The number of hydrogen-bond acceptors (Lipinski definition) is 3. The number of benzene rings is 1. The zero-order valence-corrected chi connectivity index (χ0v) is 14.4. The van der Waals surface area contributed by atoms with Crippen molar-refractivity contribution in [3.63, 3.8) is 0 Å². The molecule has 0 aromatic heterocycles. The highest BCUT2D eigenvalue weighted by molar-refractivity contribution is 9.10. The van der Waals surface area contributed by atoms with Gasteiger partial charge in [0.2, 0.25) is 0 Å². The molecule has 0 spiro atoms. The second-order valence-electron chi connectivity index (χ2n) is 5.38. The van der Waals surface area contributed by atoms with Crippen LogP contribution in [-0.4, -0.2) is 60.1 Å². The van der Waals surface area contributed by atoms with Gasteiger partial charge in [0.1, 0.15) is 0 Å². The first-order valence-electron chi connectivity index (χ1n) is 7.08. The standard InChI is InChI=1S/C15H20BrClN2O2/c1-18-6-4-12(5-7-18)19(8-9-20)15(21)13-10-11(16)2-3-14(13)17/h2-3,10,12,20H,4-9H2,1H3.